The van der Waals surface area contributed by atoms with E-state index in [-0.39, 0.29) is 5.82 Å². The Morgan fingerprint density at radius 1 is 1.47 bits per heavy atom. The van der Waals surface area contributed by atoms with Crippen molar-refractivity contribution in [1.82, 2.24) is 5.32 Å². The maximum Gasteiger partial charge on any atom is 0.218 e. The standard InChI is InChI=1S/C11H12FN3/c1-8-6-9(2-3-10(8)12)7-15-11-13-4-5-14-11/h2-4,6H,5,7H2,1H3,(H,14,15)/i12-1. The van der Waals surface area contributed by atoms with Crippen LogP contribution >= 0.6 is 0 Å². The topological polar surface area (TPSA) is 36.8 Å². The Morgan fingerprint density at radius 2 is 2.33 bits per heavy atom. The second-order valence-electron chi connectivity index (χ2n) is 3.41. The summed E-state index contributed by atoms with van der Waals surface area (Å²) in [7, 11) is 0. The zero-order valence-corrected chi connectivity index (χ0v) is 8.50. The molecular formula is C11H12FN3. The number of nitrogens with zero attached hydrogens (tertiary/aromatic N) is 2. The van der Waals surface area contributed by atoms with Gasteiger partial charge in [0.2, 0.25) is 5.96 Å². The van der Waals surface area contributed by atoms with E-state index in [1.54, 1.807) is 19.2 Å². The summed E-state index contributed by atoms with van der Waals surface area (Å²) in [6, 6.07) is 5.06. The minimum atomic E-state index is -0.171. The van der Waals surface area contributed by atoms with Crippen molar-refractivity contribution in [1.29, 1.82) is 0 Å². The highest BCUT2D eigenvalue weighted by atomic mass is 18.2. The Hall–Kier alpha value is -1.71. The summed E-state index contributed by atoms with van der Waals surface area (Å²) in [5, 5.41) is 3.07. The first-order chi connectivity index (χ1) is 7.25. The lowest BCUT2D eigenvalue weighted by atomic mass is 10.1. The van der Waals surface area contributed by atoms with Crippen LogP contribution in [0, 0.1) is 12.7 Å². The van der Waals surface area contributed by atoms with E-state index in [0.29, 0.717) is 24.6 Å². The summed E-state index contributed by atoms with van der Waals surface area (Å²) in [5.41, 5.74) is 1.69. The first kappa shape index (κ1) is 9.83. The van der Waals surface area contributed by atoms with Gasteiger partial charge in [0.1, 0.15) is 5.82 Å². The van der Waals surface area contributed by atoms with Crippen LogP contribution in [0.15, 0.2) is 28.2 Å². The molecule has 0 bridgehead atoms. The zero-order chi connectivity index (χ0) is 10.7. The van der Waals surface area contributed by atoms with Gasteiger partial charge in [0.15, 0.2) is 0 Å². The molecule has 78 valence electrons. The maximum atomic E-state index is 13.0. The molecule has 1 N–H and O–H groups in total. The van der Waals surface area contributed by atoms with Crippen LogP contribution in [0.5, 0.6) is 0 Å². The van der Waals surface area contributed by atoms with Crippen LogP contribution in [0.4, 0.5) is 4.39 Å². The van der Waals surface area contributed by atoms with Crippen LogP contribution in [0.2, 0.25) is 0 Å². The number of aryl methyl sites for hydroxylation is 1. The molecule has 0 aliphatic carbocycles. The van der Waals surface area contributed by atoms with E-state index in [0.717, 1.165) is 5.56 Å². The molecule has 15 heavy (non-hydrogen) atoms. The molecule has 0 amide bonds. The summed E-state index contributed by atoms with van der Waals surface area (Å²) >= 11 is 0. The number of hydrogen-bond acceptors (Lipinski definition) is 3. The minimum Gasteiger partial charge on any atom is -0.350 e. The Kier molecular flexibility index (Phi) is 2.76. The second-order valence-corrected chi connectivity index (χ2v) is 3.41. The number of hydrogen-bond donors (Lipinski definition) is 1. The third kappa shape index (κ3) is 2.40. The molecule has 0 atom stereocenters. The molecule has 1 heterocycles. The zero-order valence-electron chi connectivity index (χ0n) is 8.50. The van der Waals surface area contributed by atoms with Crippen LogP contribution in [0.3, 0.4) is 0 Å². The van der Waals surface area contributed by atoms with E-state index in [1.807, 2.05) is 6.07 Å². The Bertz CT molecular complexity index is 424. The van der Waals surface area contributed by atoms with E-state index in [1.165, 1.54) is 6.07 Å². The molecule has 0 aromatic heterocycles. The molecule has 3 nitrogen and oxygen atoms in total. The van der Waals surface area contributed by atoms with Crippen molar-refractivity contribution in [3.63, 3.8) is 0 Å². The molecular weight excluding hydrogens is 192 g/mol. The number of halogens is 1. The summed E-state index contributed by atoms with van der Waals surface area (Å²) in [4.78, 5) is 8.13. The van der Waals surface area contributed by atoms with Crippen molar-refractivity contribution in [3.05, 3.63) is 35.1 Å². The first-order valence-corrected chi connectivity index (χ1v) is 4.81. The van der Waals surface area contributed by atoms with Crippen LogP contribution in [-0.4, -0.2) is 18.7 Å². The van der Waals surface area contributed by atoms with Gasteiger partial charge < -0.3 is 5.32 Å². The average molecular weight is 204 g/mol. The molecule has 0 saturated carbocycles. The molecule has 1 aliphatic heterocycles. The molecule has 1 aromatic rings. The van der Waals surface area contributed by atoms with Crippen LogP contribution in [0.1, 0.15) is 11.1 Å². The van der Waals surface area contributed by atoms with Gasteiger partial charge in [-0.15, -0.1) is 0 Å². The molecule has 0 fully saturated rings. The monoisotopic (exact) mass is 204 g/mol. The largest absolute Gasteiger partial charge is 0.350 e. The van der Waals surface area contributed by atoms with Crippen molar-refractivity contribution < 1.29 is 4.39 Å². The summed E-state index contributed by atoms with van der Waals surface area (Å²) in [5.74, 6) is 0.479. The fraction of sp³-hybridized carbons (Fsp3) is 0.273. The van der Waals surface area contributed by atoms with Crippen LogP contribution in [0.25, 0.3) is 0 Å². The van der Waals surface area contributed by atoms with Gasteiger partial charge in [0.05, 0.1) is 6.54 Å². The lowest BCUT2D eigenvalue weighted by molar-refractivity contribution is 0.617. The molecule has 1 aromatic carbocycles. The van der Waals surface area contributed by atoms with E-state index in [9.17, 15) is 4.39 Å². The molecule has 2 rings (SSSR count). The summed E-state index contributed by atoms with van der Waals surface area (Å²) in [6.45, 7) is 3.02. The maximum absolute atomic E-state index is 13.0. The summed E-state index contributed by atoms with van der Waals surface area (Å²) < 4.78 is 13.0. The number of aliphatic imine (C=N–C) groups is 2. The Balaban J connectivity index is 1.99. The smallest absolute Gasteiger partial charge is 0.218 e. The van der Waals surface area contributed by atoms with E-state index >= 15 is 0 Å². The van der Waals surface area contributed by atoms with Crippen LogP contribution in [-0.2, 0) is 6.54 Å². The number of benzene rings is 1. The lowest BCUT2D eigenvalue weighted by Crippen LogP contribution is -2.19. The van der Waals surface area contributed by atoms with Crippen molar-refractivity contribution >= 4 is 12.2 Å². The van der Waals surface area contributed by atoms with Gasteiger partial charge in [0.25, 0.3) is 0 Å². The van der Waals surface area contributed by atoms with E-state index in [2.05, 4.69) is 15.3 Å². The van der Waals surface area contributed by atoms with E-state index < -0.39 is 0 Å². The normalized spacial score (nSPS) is 14.1. The van der Waals surface area contributed by atoms with Crippen molar-refractivity contribution in [2.24, 2.45) is 9.98 Å². The predicted molar refractivity (Wildman–Crippen MR) is 58.8 cm³/mol. The SMILES string of the molecule is Cc1cc(CNC2=NCC=N2)ccc1[18F]. The first-order valence-electron chi connectivity index (χ1n) is 4.81. The lowest BCUT2D eigenvalue weighted by Gasteiger charge is -2.05. The third-order valence-corrected chi connectivity index (χ3v) is 2.21. The molecule has 0 radical (unpaired) electrons. The van der Waals surface area contributed by atoms with Gasteiger partial charge in [-0.05, 0) is 24.1 Å². The minimum absolute atomic E-state index is 0.171. The van der Waals surface area contributed by atoms with Gasteiger partial charge in [0, 0.05) is 12.8 Å². The Labute approximate surface area is 87.8 Å². The van der Waals surface area contributed by atoms with Crippen molar-refractivity contribution in [2.75, 3.05) is 6.54 Å². The highest BCUT2D eigenvalue weighted by Gasteiger charge is 2.02. The fourth-order valence-electron chi connectivity index (χ4n) is 1.39. The van der Waals surface area contributed by atoms with Crippen molar-refractivity contribution in [2.45, 2.75) is 13.5 Å². The number of guanidine groups is 1. The second kappa shape index (κ2) is 4.21. The molecule has 0 spiro atoms. The molecule has 0 unspecified atom stereocenters. The van der Waals surface area contributed by atoms with Gasteiger partial charge >= 0.3 is 0 Å². The highest BCUT2D eigenvalue weighted by Crippen LogP contribution is 2.08. The van der Waals surface area contributed by atoms with Gasteiger partial charge in [-0.2, -0.15) is 0 Å². The molecule has 4 heteroatoms. The third-order valence-electron chi connectivity index (χ3n) is 2.21. The van der Waals surface area contributed by atoms with Gasteiger partial charge in [-0.25, -0.2) is 14.4 Å². The molecule has 1 aliphatic rings. The van der Waals surface area contributed by atoms with Gasteiger partial charge in [-0.1, -0.05) is 12.1 Å². The average Bonchev–Trinajstić information content (AvgIpc) is 2.73. The molecule has 0 saturated heterocycles. The van der Waals surface area contributed by atoms with Gasteiger partial charge in [-0.3, -0.25) is 0 Å². The summed E-state index contributed by atoms with van der Waals surface area (Å²) in [6.07, 6.45) is 1.75. The van der Waals surface area contributed by atoms with E-state index in [4.69, 9.17) is 0 Å². The fourth-order valence-corrected chi connectivity index (χ4v) is 1.39. The highest BCUT2D eigenvalue weighted by molar-refractivity contribution is 5.92. The van der Waals surface area contributed by atoms with Crippen molar-refractivity contribution in [3.8, 4) is 0 Å². The van der Waals surface area contributed by atoms with Crippen LogP contribution < -0.4 is 5.32 Å². The quantitative estimate of drug-likeness (QED) is 0.781. The number of rotatable bonds is 2. The predicted octanol–water partition coefficient (Wildman–Crippen LogP) is 1.66. The Morgan fingerprint density at radius 3 is 3.00 bits per heavy atom. The number of nitrogens with one attached hydrogen (secondary N) is 1.